The minimum absolute atomic E-state index is 0.0287. The highest BCUT2D eigenvalue weighted by molar-refractivity contribution is 9.10. The van der Waals surface area contributed by atoms with Gasteiger partial charge in [-0.25, -0.2) is 0 Å². The Morgan fingerprint density at radius 2 is 2.00 bits per heavy atom. The summed E-state index contributed by atoms with van der Waals surface area (Å²) in [7, 11) is 0. The predicted octanol–water partition coefficient (Wildman–Crippen LogP) is 4.38. The molecule has 0 heterocycles. The lowest BCUT2D eigenvalue weighted by Gasteiger charge is -2.08. The van der Waals surface area contributed by atoms with Crippen molar-refractivity contribution >= 4 is 45.0 Å². The lowest BCUT2D eigenvalue weighted by molar-refractivity contribution is -0.113. The molecule has 0 saturated carbocycles. The number of aryl methyl sites for hydroxylation is 2. The van der Waals surface area contributed by atoms with Gasteiger partial charge in [-0.2, -0.15) is 0 Å². The maximum Gasteiger partial charge on any atom is 0.234 e. The average molecular weight is 365 g/mol. The predicted molar refractivity (Wildman–Crippen MR) is 93.8 cm³/mol. The highest BCUT2D eigenvalue weighted by Crippen LogP contribution is 2.25. The number of carbonyl (C=O) groups is 1. The van der Waals surface area contributed by atoms with Crippen LogP contribution in [0.1, 0.15) is 11.1 Å². The number of amides is 1. The largest absolute Gasteiger partial charge is 0.399 e. The van der Waals surface area contributed by atoms with Crippen LogP contribution in [-0.4, -0.2) is 11.7 Å². The van der Waals surface area contributed by atoms with Crippen molar-refractivity contribution in [1.82, 2.24) is 0 Å². The normalized spacial score (nSPS) is 10.4. The summed E-state index contributed by atoms with van der Waals surface area (Å²) in [6.07, 6.45) is 0. The summed E-state index contributed by atoms with van der Waals surface area (Å²) >= 11 is 4.95. The van der Waals surface area contributed by atoms with Crippen molar-refractivity contribution in [2.75, 3.05) is 16.8 Å². The molecule has 110 valence electrons. The molecule has 0 aromatic heterocycles. The molecule has 0 bridgehead atoms. The molecule has 0 atom stereocenters. The van der Waals surface area contributed by atoms with Gasteiger partial charge in [0.05, 0.1) is 11.4 Å². The first kappa shape index (κ1) is 15.9. The standard InChI is InChI=1S/C16H17BrN2OS/c1-10-3-6-15(13(17)7-10)19-16(20)9-21-12-4-5-14(18)11(2)8-12/h3-8H,9,18H2,1-2H3,(H,19,20). The smallest absolute Gasteiger partial charge is 0.234 e. The topological polar surface area (TPSA) is 55.1 Å². The van der Waals surface area contributed by atoms with E-state index in [1.165, 1.54) is 11.8 Å². The molecule has 1 amide bonds. The summed E-state index contributed by atoms with van der Waals surface area (Å²) in [5.41, 5.74) is 9.52. The molecule has 2 aromatic rings. The highest BCUT2D eigenvalue weighted by Gasteiger charge is 2.07. The minimum atomic E-state index is -0.0287. The van der Waals surface area contributed by atoms with Crippen molar-refractivity contribution in [3.63, 3.8) is 0 Å². The van der Waals surface area contributed by atoms with Crippen LogP contribution in [0.2, 0.25) is 0 Å². The molecule has 0 saturated heterocycles. The Labute approximate surface area is 137 Å². The third-order valence-electron chi connectivity index (χ3n) is 3.01. The minimum Gasteiger partial charge on any atom is -0.399 e. The number of thioether (sulfide) groups is 1. The lowest BCUT2D eigenvalue weighted by Crippen LogP contribution is -2.14. The van der Waals surface area contributed by atoms with Crippen LogP contribution in [-0.2, 0) is 4.79 Å². The van der Waals surface area contributed by atoms with Gasteiger partial charge in [0, 0.05) is 15.1 Å². The molecule has 2 aromatic carbocycles. The first-order valence-corrected chi connectivity index (χ1v) is 8.28. The average Bonchev–Trinajstić information content (AvgIpc) is 2.43. The number of rotatable bonds is 4. The van der Waals surface area contributed by atoms with Crippen LogP contribution in [0.4, 0.5) is 11.4 Å². The molecule has 3 nitrogen and oxygen atoms in total. The van der Waals surface area contributed by atoms with Crippen LogP contribution < -0.4 is 11.1 Å². The number of benzene rings is 2. The number of nitrogens with one attached hydrogen (secondary N) is 1. The number of halogens is 1. The summed E-state index contributed by atoms with van der Waals surface area (Å²) in [5, 5.41) is 2.90. The molecule has 0 unspecified atom stereocenters. The molecule has 2 rings (SSSR count). The number of hydrogen-bond acceptors (Lipinski definition) is 3. The van der Waals surface area contributed by atoms with Crippen LogP contribution in [0.3, 0.4) is 0 Å². The number of hydrogen-bond donors (Lipinski definition) is 2. The monoisotopic (exact) mass is 364 g/mol. The van der Waals surface area contributed by atoms with Gasteiger partial charge in [0.25, 0.3) is 0 Å². The van der Waals surface area contributed by atoms with E-state index in [4.69, 9.17) is 5.73 Å². The second-order valence-electron chi connectivity index (χ2n) is 4.84. The molecule has 0 aliphatic carbocycles. The molecule has 0 aliphatic rings. The van der Waals surface area contributed by atoms with Crippen molar-refractivity contribution in [2.45, 2.75) is 18.7 Å². The van der Waals surface area contributed by atoms with Gasteiger partial charge in [-0.1, -0.05) is 6.07 Å². The van der Waals surface area contributed by atoms with Crippen LogP contribution in [0, 0.1) is 13.8 Å². The molecule has 0 fully saturated rings. The van der Waals surface area contributed by atoms with Gasteiger partial charge < -0.3 is 11.1 Å². The number of nitrogen functional groups attached to an aromatic ring is 1. The van der Waals surface area contributed by atoms with Crippen molar-refractivity contribution in [3.05, 3.63) is 52.0 Å². The van der Waals surface area contributed by atoms with E-state index in [9.17, 15) is 4.79 Å². The second kappa shape index (κ2) is 7.00. The maximum absolute atomic E-state index is 12.0. The van der Waals surface area contributed by atoms with Crippen LogP contribution >= 0.6 is 27.7 Å². The van der Waals surface area contributed by atoms with Crippen LogP contribution in [0.15, 0.2) is 45.8 Å². The molecular formula is C16H17BrN2OS. The first-order valence-electron chi connectivity index (χ1n) is 6.50. The number of carbonyl (C=O) groups excluding carboxylic acids is 1. The summed E-state index contributed by atoms with van der Waals surface area (Å²) < 4.78 is 0.893. The van der Waals surface area contributed by atoms with Crippen LogP contribution in [0.25, 0.3) is 0 Å². The maximum atomic E-state index is 12.0. The Bertz CT molecular complexity index is 673. The van der Waals surface area contributed by atoms with Crippen molar-refractivity contribution in [1.29, 1.82) is 0 Å². The molecular weight excluding hydrogens is 348 g/mol. The van der Waals surface area contributed by atoms with Gasteiger partial charge in [0.2, 0.25) is 5.91 Å². The van der Waals surface area contributed by atoms with E-state index in [1.807, 2.05) is 50.2 Å². The lowest BCUT2D eigenvalue weighted by atomic mass is 10.2. The van der Waals surface area contributed by atoms with Gasteiger partial charge in [0.15, 0.2) is 0 Å². The Kier molecular flexibility index (Phi) is 5.31. The first-order chi connectivity index (χ1) is 9.95. The van der Waals surface area contributed by atoms with Gasteiger partial charge in [-0.05, 0) is 71.2 Å². The van der Waals surface area contributed by atoms with E-state index in [2.05, 4.69) is 21.2 Å². The van der Waals surface area contributed by atoms with Crippen molar-refractivity contribution in [3.8, 4) is 0 Å². The van der Waals surface area contributed by atoms with E-state index in [-0.39, 0.29) is 5.91 Å². The zero-order chi connectivity index (χ0) is 15.4. The third kappa shape index (κ3) is 4.51. The zero-order valence-electron chi connectivity index (χ0n) is 11.9. The Morgan fingerprint density at radius 1 is 1.24 bits per heavy atom. The molecule has 0 aliphatic heterocycles. The van der Waals surface area contributed by atoms with E-state index < -0.39 is 0 Å². The molecule has 21 heavy (non-hydrogen) atoms. The fourth-order valence-electron chi connectivity index (χ4n) is 1.79. The van der Waals surface area contributed by atoms with E-state index in [0.29, 0.717) is 5.75 Å². The van der Waals surface area contributed by atoms with Gasteiger partial charge >= 0.3 is 0 Å². The summed E-state index contributed by atoms with van der Waals surface area (Å²) in [6.45, 7) is 3.97. The third-order valence-corrected chi connectivity index (χ3v) is 4.66. The molecule has 5 heteroatoms. The fraction of sp³-hybridized carbons (Fsp3) is 0.188. The summed E-state index contributed by atoms with van der Waals surface area (Å²) in [6, 6.07) is 11.6. The van der Waals surface area contributed by atoms with Gasteiger partial charge in [0.1, 0.15) is 0 Å². The number of anilines is 2. The van der Waals surface area contributed by atoms with Gasteiger partial charge in [-0.15, -0.1) is 11.8 Å². The van der Waals surface area contributed by atoms with E-state index in [1.54, 1.807) is 0 Å². The zero-order valence-corrected chi connectivity index (χ0v) is 14.3. The summed E-state index contributed by atoms with van der Waals surface area (Å²) in [4.78, 5) is 13.0. The Morgan fingerprint density at radius 3 is 2.67 bits per heavy atom. The van der Waals surface area contributed by atoms with Gasteiger partial charge in [-0.3, -0.25) is 4.79 Å². The number of nitrogens with two attached hydrogens (primary N) is 1. The Balaban J connectivity index is 1.94. The fourth-order valence-corrected chi connectivity index (χ4v) is 3.18. The van der Waals surface area contributed by atoms with E-state index in [0.717, 1.165) is 31.9 Å². The van der Waals surface area contributed by atoms with E-state index >= 15 is 0 Å². The molecule has 3 N–H and O–H groups in total. The highest BCUT2D eigenvalue weighted by atomic mass is 79.9. The second-order valence-corrected chi connectivity index (χ2v) is 6.74. The molecule has 0 spiro atoms. The quantitative estimate of drug-likeness (QED) is 0.625. The van der Waals surface area contributed by atoms with Crippen molar-refractivity contribution < 1.29 is 4.79 Å². The SMILES string of the molecule is Cc1ccc(NC(=O)CSc2ccc(N)c(C)c2)c(Br)c1. The summed E-state index contributed by atoms with van der Waals surface area (Å²) in [5.74, 6) is 0.336. The molecule has 0 radical (unpaired) electrons. The van der Waals surface area contributed by atoms with Crippen molar-refractivity contribution in [2.24, 2.45) is 0 Å². The Hall–Kier alpha value is -1.46. The van der Waals surface area contributed by atoms with Crippen LogP contribution in [0.5, 0.6) is 0 Å².